The molecule has 2 aliphatic rings. The maximum atomic E-state index is 12.8. The van der Waals surface area contributed by atoms with Crippen LogP contribution in [0.2, 0.25) is 5.02 Å². The predicted molar refractivity (Wildman–Crippen MR) is 123 cm³/mol. The van der Waals surface area contributed by atoms with Gasteiger partial charge >= 0.3 is 0 Å². The molecule has 3 N–H and O–H groups in total. The Labute approximate surface area is 186 Å². The summed E-state index contributed by atoms with van der Waals surface area (Å²) in [6, 6.07) is 5.30. The quantitative estimate of drug-likeness (QED) is 0.433. The van der Waals surface area contributed by atoms with Gasteiger partial charge in [-0.2, -0.15) is 0 Å². The van der Waals surface area contributed by atoms with Crippen molar-refractivity contribution in [3.05, 3.63) is 28.8 Å². The summed E-state index contributed by atoms with van der Waals surface area (Å²) < 4.78 is 5.79. The third-order valence-electron chi connectivity index (χ3n) is 6.45. The summed E-state index contributed by atoms with van der Waals surface area (Å²) in [6.07, 6.45) is 10.6. The second-order valence-electron chi connectivity index (χ2n) is 8.71. The van der Waals surface area contributed by atoms with E-state index in [9.17, 15) is 4.79 Å². The molecule has 0 spiro atoms. The Kier molecular flexibility index (Phi) is 10.4. The Balaban J connectivity index is 0.00000320. The molecule has 0 heterocycles. The molecule has 0 aromatic heterocycles. The van der Waals surface area contributed by atoms with E-state index in [1.165, 1.54) is 44.9 Å². The number of hydrogen-bond donors (Lipinski definition) is 3. The van der Waals surface area contributed by atoms with E-state index in [-0.39, 0.29) is 19.9 Å². The first kappa shape index (κ1) is 25.0. The number of fused-ring (bicyclic) bond motifs is 2. The molecule has 1 aromatic rings. The van der Waals surface area contributed by atoms with E-state index in [2.05, 4.69) is 10.6 Å². The maximum Gasteiger partial charge on any atom is 0.252 e. The van der Waals surface area contributed by atoms with Crippen molar-refractivity contribution in [1.82, 2.24) is 10.6 Å². The number of ether oxygens (including phenoxy) is 1. The first-order valence-electron chi connectivity index (χ1n) is 11.1. The molecule has 6 heteroatoms. The summed E-state index contributed by atoms with van der Waals surface area (Å²) in [4.78, 5) is 12.8. The van der Waals surface area contributed by atoms with Crippen LogP contribution in [0, 0.1) is 11.3 Å². The highest BCUT2D eigenvalue weighted by Gasteiger charge is 2.39. The third kappa shape index (κ3) is 7.14. The summed E-state index contributed by atoms with van der Waals surface area (Å²) in [5, 5.41) is 15.6. The standard InChI is InChI=1S/C23H35ClN2O3.CH4/c24-21-8-7-19(29-14-4-12-25-11-3-13-27)15-20(21)22(28)26-17-23-9-1-5-18(16-23)6-2-10-23;/h7-8,15,18,25,27H,1-6,9-14,16-17H2,(H,26,28);1H4. The Morgan fingerprint density at radius 1 is 1.20 bits per heavy atom. The van der Waals surface area contributed by atoms with Crippen molar-refractivity contribution in [2.24, 2.45) is 11.3 Å². The number of carbonyl (C=O) groups is 1. The molecular weight excluding hydrogens is 400 g/mol. The van der Waals surface area contributed by atoms with Crippen molar-refractivity contribution in [2.45, 2.75) is 65.2 Å². The van der Waals surface area contributed by atoms with Gasteiger partial charge in [-0.05, 0) is 74.7 Å². The largest absolute Gasteiger partial charge is 0.494 e. The minimum Gasteiger partial charge on any atom is -0.494 e. The Morgan fingerprint density at radius 2 is 1.93 bits per heavy atom. The Bertz CT molecular complexity index is 658. The van der Waals surface area contributed by atoms with E-state index in [0.717, 1.165) is 38.4 Å². The average molecular weight is 439 g/mol. The smallest absolute Gasteiger partial charge is 0.252 e. The fourth-order valence-electron chi connectivity index (χ4n) is 4.92. The van der Waals surface area contributed by atoms with Gasteiger partial charge < -0.3 is 20.5 Å². The zero-order valence-corrected chi connectivity index (χ0v) is 18.1. The van der Waals surface area contributed by atoms with Crippen molar-refractivity contribution in [1.29, 1.82) is 0 Å². The predicted octanol–water partition coefficient (Wildman–Crippen LogP) is 4.81. The number of nitrogens with one attached hydrogen (secondary N) is 2. The van der Waals surface area contributed by atoms with Crippen LogP contribution in [0.25, 0.3) is 0 Å². The SMILES string of the molecule is C.O=C(NCC12CCCC(CCC1)C2)c1cc(OCCCNCCCO)ccc1Cl. The molecule has 3 rings (SSSR count). The number of benzene rings is 1. The lowest BCUT2D eigenvalue weighted by Gasteiger charge is -2.45. The minimum atomic E-state index is -0.104. The molecule has 170 valence electrons. The lowest BCUT2D eigenvalue weighted by molar-refractivity contribution is 0.0681. The van der Waals surface area contributed by atoms with E-state index >= 15 is 0 Å². The Hall–Kier alpha value is -1.30. The number of hydrogen-bond acceptors (Lipinski definition) is 4. The normalized spacial score (nSPS) is 22.8. The molecular formula is C24H39ClN2O3. The number of aliphatic hydroxyl groups is 1. The van der Waals surface area contributed by atoms with Gasteiger partial charge in [-0.15, -0.1) is 0 Å². The van der Waals surface area contributed by atoms with Crippen LogP contribution in [-0.2, 0) is 0 Å². The first-order chi connectivity index (χ1) is 14.1. The maximum absolute atomic E-state index is 12.8. The molecule has 2 aliphatic carbocycles. The van der Waals surface area contributed by atoms with Crippen LogP contribution in [0.3, 0.4) is 0 Å². The summed E-state index contributed by atoms with van der Waals surface area (Å²) in [6.45, 7) is 3.18. The fraction of sp³-hybridized carbons (Fsp3) is 0.708. The van der Waals surface area contributed by atoms with Crippen molar-refractivity contribution in [3.8, 4) is 5.75 Å². The van der Waals surface area contributed by atoms with Crippen molar-refractivity contribution in [3.63, 3.8) is 0 Å². The summed E-state index contributed by atoms with van der Waals surface area (Å²) in [7, 11) is 0. The summed E-state index contributed by atoms with van der Waals surface area (Å²) in [5.74, 6) is 1.42. The van der Waals surface area contributed by atoms with Crippen LogP contribution in [0.15, 0.2) is 18.2 Å². The second-order valence-corrected chi connectivity index (χ2v) is 9.12. The Morgan fingerprint density at radius 3 is 2.67 bits per heavy atom. The van der Waals surface area contributed by atoms with Gasteiger partial charge in [0.25, 0.3) is 5.91 Å². The van der Waals surface area contributed by atoms with Crippen LogP contribution in [0.4, 0.5) is 0 Å². The van der Waals surface area contributed by atoms with E-state index in [4.69, 9.17) is 21.4 Å². The molecule has 0 aliphatic heterocycles. The molecule has 5 nitrogen and oxygen atoms in total. The van der Waals surface area contributed by atoms with Gasteiger partial charge in [-0.25, -0.2) is 0 Å². The average Bonchev–Trinajstić information content (AvgIpc) is 2.72. The molecule has 0 atom stereocenters. The zero-order chi connectivity index (χ0) is 20.5. The van der Waals surface area contributed by atoms with Crippen LogP contribution < -0.4 is 15.4 Å². The van der Waals surface area contributed by atoms with Crippen molar-refractivity contribution >= 4 is 17.5 Å². The number of rotatable bonds is 11. The minimum absolute atomic E-state index is 0. The molecule has 2 fully saturated rings. The van der Waals surface area contributed by atoms with E-state index in [1.807, 2.05) is 6.07 Å². The highest BCUT2D eigenvalue weighted by Crippen LogP contribution is 2.48. The number of carbonyl (C=O) groups excluding carboxylic acids is 1. The molecule has 2 saturated carbocycles. The molecule has 2 bridgehead atoms. The molecule has 0 unspecified atom stereocenters. The van der Waals surface area contributed by atoms with Gasteiger partial charge in [0, 0.05) is 13.2 Å². The number of aliphatic hydroxyl groups excluding tert-OH is 1. The van der Waals surface area contributed by atoms with E-state index in [0.29, 0.717) is 28.4 Å². The van der Waals surface area contributed by atoms with Crippen LogP contribution >= 0.6 is 11.6 Å². The topological polar surface area (TPSA) is 70.6 Å². The van der Waals surface area contributed by atoms with Gasteiger partial charge in [-0.1, -0.05) is 44.7 Å². The van der Waals surface area contributed by atoms with Gasteiger partial charge in [0.1, 0.15) is 5.75 Å². The van der Waals surface area contributed by atoms with Gasteiger partial charge in [0.05, 0.1) is 17.2 Å². The van der Waals surface area contributed by atoms with Crippen LogP contribution in [0.1, 0.15) is 75.6 Å². The van der Waals surface area contributed by atoms with Gasteiger partial charge in [-0.3, -0.25) is 4.79 Å². The third-order valence-corrected chi connectivity index (χ3v) is 6.77. The molecule has 1 aromatic carbocycles. The molecule has 0 saturated heterocycles. The molecule has 0 radical (unpaired) electrons. The second kappa shape index (κ2) is 12.5. The van der Waals surface area contributed by atoms with Gasteiger partial charge in [0.2, 0.25) is 0 Å². The van der Waals surface area contributed by atoms with Crippen LogP contribution in [-0.4, -0.2) is 43.9 Å². The zero-order valence-electron chi connectivity index (χ0n) is 17.4. The van der Waals surface area contributed by atoms with Gasteiger partial charge in [0.15, 0.2) is 0 Å². The van der Waals surface area contributed by atoms with E-state index in [1.54, 1.807) is 12.1 Å². The molecule has 1 amide bonds. The summed E-state index contributed by atoms with van der Waals surface area (Å²) >= 11 is 6.30. The highest BCUT2D eigenvalue weighted by atomic mass is 35.5. The lowest BCUT2D eigenvalue weighted by Crippen LogP contribution is -2.43. The summed E-state index contributed by atoms with van der Waals surface area (Å²) in [5.41, 5.74) is 0.783. The van der Waals surface area contributed by atoms with Crippen LogP contribution in [0.5, 0.6) is 5.75 Å². The first-order valence-corrected chi connectivity index (χ1v) is 11.5. The molecule has 30 heavy (non-hydrogen) atoms. The lowest BCUT2D eigenvalue weighted by atomic mass is 9.62. The van der Waals surface area contributed by atoms with E-state index < -0.39 is 0 Å². The fourth-order valence-corrected chi connectivity index (χ4v) is 5.12. The monoisotopic (exact) mass is 438 g/mol. The highest BCUT2D eigenvalue weighted by molar-refractivity contribution is 6.33. The number of amides is 1. The number of halogens is 1. The van der Waals surface area contributed by atoms with Crippen molar-refractivity contribution < 1.29 is 14.6 Å². The van der Waals surface area contributed by atoms with Crippen molar-refractivity contribution in [2.75, 3.05) is 32.8 Å².